The number of para-hydroxylation sites is 1. The summed E-state index contributed by atoms with van der Waals surface area (Å²) in [5.74, 6) is 0.781. The molecule has 1 aromatic heterocycles. The second-order valence-corrected chi connectivity index (χ2v) is 6.12. The average molecular weight is 321 g/mol. The number of aliphatic hydroxyl groups is 1. The first-order valence-corrected chi connectivity index (χ1v) is 8.25. The zero-order valence-electron chi connectivity index (χ0n) is 12.9. The molecule has 2 aromatic rings. The Morgan fingerprint density at radius 1 is 1.18 bits per heavy atom. The zero-order chi connectivity index (χ0) is 15.6. The lowest BCUT2D eigenvalue weighted by molar-refractivity contribution is 0.0546. The number of hydrogen-bond acceptors (Lipinski definition) is 5. The monoisotopic (exact) mass is 321 g/mol. The summed E-state index contributed by atoms with van der Waals surface area (Å²) in [5.41, 5.74) is 0. The quantitative estimate of drug-likeness (QED) is 0.730. The molecule has 0 amide bonds. The van der Waals surface area contributed by atoms with Crippen molar-refractivity contribution in [1.29, 1.82) is 0 Å². The number of benzene rings is 1. The number of methoxy groups -OCH3 is 1. The fraction of sp³-hybridized carbons (Fsp3) is 0.412. The Morgan fingerprint density at radius 3 is 2.68 bits per heavy atom. The largest absolute Gasteiger partial charge is 0.491 e. The predicted molar refractivity (Wildman–Crippen MR) is 89.4 cm³/mol. The van der Waals surface area contributed by atoms with Crippen LogP contribution in [0.4, 0.5) is 0 Å². The maximum Gasteiger partial charge on any atom is 0.119 e. The molecule has 0 fully saturated rings. The summed E-state index contributed by atoms with van der Waals surface area (Å²) < 4.78 is 10.8. The van der Waals surface area contributed by atoms with Crippen LogP contribution in [0.15, 0.2) is 47.8 Å². The number of aliphatic hydroxyl groups excluding tert-OH is 1. The van der Waals surface area contributed by atoms with Gasteiger partial charge in [-0.05, 0) is 23.6 Å². The summed E-state index contributed by atoms with van der Waals surface area (Å²) in [7, 11) is 1.69. The van der Waals surface area contributed by atoms with Crippen molar-refractivity contribution in [3.8, 4) is 5.75 Å². The second-order valence-electron chi connectivity index (χ2n) is 5.09. The molecule has 5 heteroatoms. The lowest BCUT2D eigenvalue weighted by atomic mass is 10.3. The number of thiophene rings is 1. The molecule has 1 aromatic carbocycles. The Morgan fingerprint density at radius 2 is 2.00 bits per heavy atom. The molecule has 22 heavy (non-hydrogen) atoms. The van der Waals surface area contributed by atoms with Gasteiger partial charge in [0.05, 0.1) is 6.61 Å². The Hall–Kier alpha value is -1.40. The molecule has 0 radical (unpaired) electrons. The molecule has 120 valence electrons. The van der Waals surface area contributed by atoms with Gasteiger partial charge in [0.25, 0.3) is 0 Å². The molecular formula is C17H23NO3S. The molecule has 0 aliphatic heterocycles. The third-order valence-corrected chi connectivity index (χ3v) is 4.09. The molecule has 0 bridgehead atoms. The van der Waals surface area contributed by atoms with Gasteiger partial charge in [0.2, 0.25) is 0 Å². The first kappa shape index (κ1) is 17.0. The maximum absolute atomic E-state index is 10.2. The van der Waals surface area contributed by atoms with Gasteiger partial charge in [-0.3, -0.25) is 4.90 Å². The number of hydrogen-bond donors (Lipinski definition) is 1. The van der Waals surface area contributed by atoms with Gasteiger partial charge in [-0.1, -0.05) is 24.3 Å². The highest BCUT2D eigenvalue weighted by Crippen LogP contribution is 2.13. The zero-order valence-corrected chi connectivity index (χ0v) is 13.7. The molecule has 1 unspecified atom stereocenters. The van der Waals surface area contributed by atoms with E-state index in [2.05, 4.69) is 16.3 Å². The second kappa shape index (κ2) is 9.58. The van der Waals surface area contributed by atoms with Gasteiger partial charge in [0.15, 0.2) is 0 Å². The third kappa shape index (κ3) is 6.15. The average Bonchev–Trinajstić information content (AvgIpc) is 3.04. The van der Waals surface area contributed by atoms with E-state index in [9.17, 15) is 5.11 Å². The fourth-order valence-corrected chi connectivity index (χ4v) is 2.88. The molecule has 0 aliphatic rings. The van der Waals surface area contributed by atoms with Gasteiger partial charge in [-0.25, -0.2) is 0 Å². The van der Waals surface area contributed by atoms with Crippen LogP contribution in [0.2, 0.25) is 0 Å². The van der Waals surface area contributed by atoms with E-state index in [1.807, 2.05) is 36.4 Å². The van der Waals surface area contributed by atoms with Crippen molar-refractivity contribution in [3.63, 3.8) is 0 Å². The van der Waals surface area contributed by atoms with Crippen LogP contribution in [-0.2, 0) is 11.3 Å². The van der Waals surface area contributed by atoms with Gasteiger partial charge in [0.1, 0.15) is 18.5 Å². The first-order chi connectivity index (χ1) is 10.8. The molecule has 1 atom stereocenters. The normalized spacial score (nSPS) is 12.5. The van der Waals surface area contributed by atoms with Gasteiger partial charge in [0, 0.05) is 31.6 Å². The van der Waals surface area contributed by atoms with Crippen molar-refractivity contribution in [2.24, 2.45) is 0 Å². The van der Waals surface area contributed by atoms with Gasteiger partial charge >= 0.3 is 0 Å². The Bertz CT molecular complexity index is 504. The standard InChI is InChI=1S/C17H23NO3S/c1-20-10-9-18(13-17-8-5-11-22-17)12-15(19)14-21-16-6-3-2-4-7-16/h2-8,11,15,19H,9-10,12-14H2,1H3. The van der Waals surface area contributed by atoms with Crippen LogP contribution in [-0.4, -0.2) is 49.5 Å². The molecule has 1 N–H and O–H groups in total. The van der Waals surface area contributed by atoms with E-state index in [0.29, 0.717) is 13.2 Å². The van der Waals surface area contributed by atoms with Crippen LogP contribution >= 0.6 is 11.3 Å². The van der Waals surface area contributed by atoms with Crippen LogP contribution in [0.25, 0.3) is 0 Å². The highest BCUT2D eigenvalue weighted by Gasteiger charge is 2.13. The molecular weight excluding hydrogens is 298 g/mol. The van der Waals surface area contributed by atoms with E-state index < -0.39 is 6.10 Å². The van der Waals surface area contributed by atoms with Crippen molar-refractivity contribution in [3.05, 3.63) is 52.7 Å². The predicted octanol–water partition coefficient (Wildman–Crippen LogP) is 2.64. The summed E-state index contributed by atoms with van der Waals surface area (Å²) in [6.07, 6.45) is -0.531. The molecule has 2 rings (SSSR count). The summed E-state index contributed by atoms with van der Waals surface area (Å²) >= 11 is 1.73. The van der Waals surface area contributed by atoms with E-state index in [0.717, 1.165) is 18.8 Å². The highest BCUT2D eigenvalue weighted by atomic mass is 32.1. The van der Waals surface area contributed by atoms with Crippen molar-refractivity contribution in [1.82, 2.24) is 4.90 Å². The minimum absolute atomic E-state index is 0.290. The summed E-state index contributed by atoms with van der Waals surface area (Å²) in [6, 6.07) is 13.7. The Balaban J connectivity index is 1.80. The fourth-order valence-electron chi connectivity index (χ4n) is 2.14. The van der Waals surface area contributed by atoms with Crippen molar-refractivity contribution < 1.29 is 14.6 Å². The topological polar surface area (TPSA) is 41.9 Å². The lowest BCUT2D eigenvalue weighted by Gasteiger charge is -2.24. The van der Waals surface area contributed by atoms with E-state index in [4.69, 9.17) is 9.47 Å². The molecule has 0 saturated carbocycles. The van der Waals surface area contributed by atoms with E-state index in [-0.39, 0.29) is 6.61 Å². The number of rotatable bonds is 10. The Labute approximate surface area is 135 Å². The first-order valence-electron chi connectivity index (χ1n) is 7.37. The molecule has 4 nitrogen and oxygen atoms in total. The molecule has 0 saturated heterocycles. The van der Waals surface area contributed by atoms with Crippen molar-refractivity contribution in [2.75, 3.05) is 33.4 Å². The van der Waals surface area contributed by atoms with Crippen LogP contribution in [0.1, 0.15) is 4.88 Å². The van der Waals surface area contributed by atoms with Gasteiger partial charge < -0.3 is 14.6 Å². The lowest BCUT2D eigenvalue weighted by Crippen LogP contribution is -2.37. The van der Waals surface area contributed by atoms with E-state index in [1.165, 1.54) is 4.88 Å². The van der Waals surface area contributed by atoms with Crippen LogP contribution in [0.3, 0.4) is 0 Å². The summed E-state index contributed by atoms with van der Waals surface area (Å²) in [4.78, 5) is 3.47. The number of nitrogens with zero attached hydrogens (tertiary/aromatic N) is 1. The van der Waals surface area contributed by atoms with E-state index in [1.54, 1.807) is 18.4 Å². The molecule has 1 heterocycles. The minimum atomic E-state index is -0.531. The molecule has 0 spiro atoms. The van der Waals surface area contributed by atoms with Crippen LogP contribution < -0.4 is 4.74 Å². The van der Waals surface area contributed by atoms with Gasteiger partial charge in [-0.15, -0.1) is 11.3 Å². The molecule has 0 aliphatic carbocycles. The highest BCUT2D eigenvalue weighted by molar-refractivity contribution is 7.09. The summed E-state index contributed by atoms with van der Waals surface area (Å²) in [6.45, 7) is 3.11. The SMILES string of the molecule is COCCN(Cc1cccs1)CC(O)COc1ccccc1. The van der Waals surface area contributed by atoms with Crippen LogP contribution in [0.5, 0.6) is 5.75 Å². The van der Waals surface area contributed by atoms with Gasteiger partial charge in [-0.2, -0.15) is 0 Å². The minimum Gasteiger partial charge on any atom is -0.491 e. The van der Waals surface area contributed by atoms with E-state index >= 15 is 0 Å². The van der Waals surface area contributed by atoms with Crippen LogP contribution in [0, 0.1) is 0 Å². The maximum atomic E-state index is 10.2. The van der Waals surface area contributed by atoms with Crippen molar-refractivity contribution >= 4 is 11.3 Å². The third-order valence-electron chi connectivity index (χ3n) is 3.23. The summed E-state index contributed by atoms with van der Waals surface area (Å²) in [5, 5.41) is 12.3. The van der Waals surface area contributed by atoms with Crippen molar-refractivity contribution in [2.45, 2.75) is 12.6 Å². The number of ether oxygens (including phenoxy) is 2. The smallest absolute Gasteiger partial charge is 0.119 e. The Kier molecular flexibility index (Phi) is 7.39.